The number of pyridine rings is 1. The summed E-state index contributed by atoms with van der Waals surface area (Å²) in [5, 5.41) is 19.8. The minimum atomic E-state index is -0.432. The van der Waals surface area contributed by atoms with E-state index in [9.17, 15) is 5.26 Å². The van der Waals surface area contributed by atoms with Crippen LogP contribution in [-0.2, 0) is 11.3 Å². The molecule has 0 saturated heterocycles. The number of thiazole rings is 1. The van der Waals surface area contributed by atoms with Crippen molar-refractivity contribution in [2.24, 2.45) is 0 Å². The zero-order valence-corrected chi connectivity index (χ0v) is 24.2. The summed E-state index contributed by atoms with van der Waals surface area (Å²) in [6.07, 6.45) is 6.72. The topological polar surface area (TPSA) is 102 Å². The largest absolute Gasteiger partial charge is 0.270 e. The number of benzene rings is 2. The summed E-state index contributed by atoms with van der Waals surface area (Å²) in [5.41, 5.74) is 10.7. The highest BCUT2D eigenvalue weighted by Crippen LogP contribution is 2.39. The fourth-order valence-corrected chi connectivity index (χ4v) is 6.28. The Morgan fingerprint density at radius 3 is 2.87 bits per heavy atom. The van der Waals surface area contributed by atoms with Gasteiger partial charge in [-0.1, -0.05) is 17.3 Å². The predicted molar refractivity (Wildman–Crippen MR) is 157 cm³/mol. The number of fused-ring (bicyclic) bond motifs is 2. The van der Waals surface area contributed by atoms with E-state index in [0.717, 1.165) is 44.1 Å². The van der Waals surface area contributed by atoms with Crippen LogP contribution in [0.1, 0.15) is 68.0 Å². The molecule has 38 heavy (non-hydrogen) atoms. The summed E-state index contributed by atoms with van der Waals surface area (Å²) < 4.78 is 4.19. The number of nitrogens with zero attached hydrogens (tertiary/aromatic N) is 6. The number of nitrogens with one attached hydrogen (secondary N) is 1. The second kappa shape index (κ2) is 9.87. The average molecular weight is 636 g/mol. The van der Waals surface area contributed by atoms with Gasteiger partial charge in [-0.2, -0.15) is 5.26 Å². The SMILES string of the molecule is CC(C)(C)ONc1c(C#N)cnc2c(I)cc(C[C@H](c3cn(C4CC4)nn3)c3cccc4ncsc34)cc12. The second-order valence-electron chi connectivity index (χ2n) is 10.6. The maximum atomic E-state index is 9.81. The molecule has 0 bridgehead atoms. The average Bonchev–Trinajstić information content (AvgIpc) is 3.41. The van der Waals surface area contributed by atoms with Crippen molar-refractivity contribution in [3.05, 3.63) is 74.2 Å². The molecule has 8 nitrogen and oxygen atoms in total. The van der Waals surface area contributed by atoms with Gasteiger partial charge in [0.15, 0.2) is 0 Å². The lowest BCUT2D eigenvalue weighted by Crippen LogP contribution is -2.23. The molecule has 2 aromatic carbocycles. The molecule has 192 valence electrons. The lowest BCUT2D eigenvalue weighted by Gasteiger charge is -2.22. The van der Waals surface area contributed by atoms with Crippen LogP contribution in [0.15, 0.2) is 48.2 Å². The first-order chi connectivity index (χ1) is 18.3. The van der Waals surface area contributed by atoms with Crippen molar-refractivity contribution in [3.8, 4) is 6.07 Å². The van der Waals surface area contributed by atoms with Gasteiger partial charge in [0.25, 0.3) is 0 Å². The van der Waals surface area contributed by atoms with Gasteiger partial charge in [0.1, 0.15) is 6.07 Å². The van der Waals surface area contributed by atoms with Gasteiger partial charge in [-0.25, -0.2) is 9.67 Å². The molecule has 5 aromatic rings. The summed E-state index contributed by atoms with van der Waals surface area (Å²) in [6.45, 7) is 5.89. The molecule has 0 aliphatic heterocycles. The van der Waals surface area contributed by atoms with Gasteiger partial charge >= 0.3 is 0 Å². The van der Waals surface area contributed by atoms with Crippen LogP contribution in [0.4, 0.5) is 5.69 Å². The Morgan fingerprint density at radius 1 is 1.26 bits per heavy atom. The smallest absolute Gasteiger partial charge is 0.103 e. The molecule has 3 heterocycles. The monoisotopic (exact) mass is 635 g/mol. The number of hydrogen-bond donors (Lipinski definition) is 1. The number of aromatic nitrogens is 5. The predicted octanol–water partition coefficient (Wildman–Crippen LogP) is 6.76. The van der Waals surface area contributed by atoms with Gasteiger partial charge < -0.3 is 0 Å². The van der Waals surface area contributed by atoms with Gasteiger partial charge in [-0.3, -0.25) is 15.3 Å². The minimum Gasteiger partial charge on any atom is -0.270 e. The van der Waals surface area contributed by atoms with Crippen molar-refractivity contribution in [3.63, 3.8) is 0 Å². The van der Waals surface area contributed by atoms with Crippen molar-refractivity contribution in [2.75, 3.05) is 5.48 Å². The van der Waals surface area contributed by atoms with Crippen molar-refractivity contribution in [1.29, 1.82) is 5.26 Å². The number of anilines is 1. The Morgan fingerprint density at radius 2 is 2.11 bits per heavy atom. The van der Waals surface area contributed by atoms with Crippen LogP contribution in [0.5, 0.6) is 0 Å². The maximum absolute atomic E-state index is 9.81. The molecule has 0 spiro atoms. The lowest BCUT2D eigenvalue weighted by molar-refractivity contribution is 0.0377. The number of rotatable bonds is 7. The highest BCUT2D eigenvalue weighted by Gasteiger charge is 2.28. The van der Waals surface area contributed by atoms with Crippen molar-refractivity contribution < 1.29 is 4.84 Å². The van der Waals surface area contributed by atoms with Crippen LogP contribution in [0.25, 0.3) is 21.1 Å². The van der Waals surface area contributed by atoms with E-state index >= 15 is 0 Å². The van der Waals surface area contributed by atoms with Gasteiger partial charge in [-0.05, 0) is 92.0 Å². The van der Waals surface area contributed by atoms with Gasteiger partial charge in [0.05, 0.1) is 49.8 Å². The molecular weight excluding hydrogens is 609 g/mol. The third-order valence-electron chi connectivity index (χ3n) is 6.57. The highest BCUT2D eigenvalue weighted by atomic mass is 127. The fourth-order valence-electron chi connectivity index (χ4n) is 4.59. The van der Waals surface area contributed by atoms with Crippen LogP contribution in [0.2, 0.25) is 0 Å². The first-order valence-corrected chi connectivity index (χ1v) is 14.5. The number of hydrogen-bond acceptors (Lipinski definition) is 8. The molecule has 0 radical (unpaired) electrons. The third kappa shape index (κ3) is 4.98. The first-order valence-electron chi connectivity index (χ1n) is 12.5. The molecule has 1 aliphatic rings. The fraction of sp³-hybridized carbons (Fsp3) is 0.321. The van der Waals surface area contributed by atoms with E-state index < -0.39 is 5.60 Å². The van der Waals surface area contributed by atoms with Crippen LogP contribution < -0.4 is 5.48 Å². The molecule has 0 amide bonds. The minimum absolute atomic E-state index is 0.00533. The molecule has 1 aliphatic carbocycles. The lowest BCUT2D eigenvalue weighted by atomic mass is 9.88. The number of halogens is 1. The zero-order chi connectivity index (χ0) is 26.4. The van der Waals surface area contributed by atoms with E-state index in [1.54, 1.807) is 17.5 Å². The summed E-state index contributed by atoms with van der Waals surface area (Å²) >= 11 is 3.98. The van der Waals surface area contributed by atoms with Crippen LogP contribution in [0.3, 0.4) is 0 Å². The van der Waals surface area contributed by atoms with Crippen LogP contribution >= 0.6 is 33.9 Å². The van der Waals surface area contributed by atoms with E-state index in [-0.39, 0.29) is 5.92 Å². The normalized spacial score (nSPS) is 14.6. The summed E-state index contributed by atoms with van der Waals surface area (Å²) in [6, 6.07) is 13.3. The molecule has 0 unspecified atom stereocenters. The summed E-state index contributed by atoms with van der Waals surface area (Å²) in [4.78, 5) is 15.0. The van der Waals surface area contributed by atoms with E-state index in [4.69, 9.17) is 4.84 Å². The standard InChI is InChI=1S/C28H26IN7OS/c1-28(2,3)37-34-25-17(12-30)13-31-26-21(25)10-16(11-22(26)29)9-20(24-14-36(35-33-24)18-7-8-18)19-5-4-6-23-27(19)38-15-32-23/h4-6,10-11,13-15,18,20H,7-9H2,1-3H3,(H,31,34)/t20-/m0/s1. The van der Waals surface area contributed by atoms with E-state index in [1.165, 1.54) is 10.3 Å². The maximum Gasteiger partial charge on any atom is 0.103 e. The quantitative estimate of drug-likeness (QED) is 0.156. The van der Waals surface area contributed by atoms with E-state index in [1.807, 2.05) is 31.0 Å². The first kappa shape index (κ1) is 25.2. The van der Waals surface area contributed by atoms with E-state index in [2.05, 4.69) is 90.9 Å². The molecule has 1 atom stereocenters. The van der Waals surface area contributed by atoms with Gasteiger partial charge in [-0.15, -0.1) is 16.4 Å². The second-order valence-corrected chi connectivity index (χ2v) is 12.6. The third-order valence-corrected chi connectivity index (χ3v) is 8.29. The number of nitriles is 1. The van der Waals surface area contributed by atoms with Crippen molar-refractivity contribution >= 4 is 60.7 Å². The molecule has 1 saturated carbocycles. The van der Waals surface area contributed by atoms with Crippen LogP contribution in [0, 0.1) is 14.9 Å². The molecule has 10 heteroatoms. The Bertz CT molecular complexity index is 1690. The van der Waals surface area contributed by atoms with Crippen molar-refractivity contribution in [1.82, 2.24) is 25.0 Å². The molecule has 1 fully saturated rings. The van der Waals surface area contributed by atoms with Crippen LogP contribution in [-0.4, -0.2) is 30.6 Å². The molecule has 1 N–H and O–H groups in total. The van der Waals surface area contributed by atoms with Gasteiger partial charge in [0.2, 0.25) is 0 Å². The van der Waals surface area contributed by atoms with Gasteiger partial charge in [0, 0.05) is 27.3 Å². The van der Waals surface area contributed by atoms with Crippen molar-refractivity contribution in [2.45, 2.75) is 57.6 Å². The zero-order valence-electron chi connectivity index (χ0n) is 21.3. The molecule has 3 aromatic heterocycles. The molecular formula is C28H26IN7OS. The Balaban J connectivity index is 1.46. The summed E-state index contributed by atoms with van der Waals surface area (Å²) in [5.74, 6) is -0.00533. The molecule has 6 rings (SSSR count). The summed E-state index contributed by atoms with van der Waals surface area (Å²) in [7, 11) is 0. The Kier molecular flexibility index (Phi) is 6.53. The van der Waals surface area contributed by atoms with E-state index in [0.29, 0.717) is 23.7 Å². The Labute approximate surface area is 238 Å². The highest BCUT2D eigenvalue weighted by molar-refractivity contribution is 14.1. The Hall–Kier alpha value is -3.14.